The molecule has 2 rings (SSSR count). The molecular weight excluding hydrogens is 288 g/mol. The van der Waals surface area contributed by atoms with E-state index >= 15 is 0 Å². The fourth-order valence-electron chi connectivity index (χ4n) is 2.59. The van der Waals surface area contributed by atoms with E-state index in [0.29, 0.717) is 0 Å². The van der Waals surface area contributed by atoms with E-state index in [4.69, 9.17) is 4.42 Å². The molecule has 2 atom stereocenters. The smallest absolute Gasteiger partial charge is 0.225 e. The molecule has 2 heterocycles. The third-order valence-electron chi connectivity index (χ3n) is 3.90. The van der Waals surface area contributed by atoms with Gasteiger partial charge in [0.2, 0.25) is 5.91 Å². The van der Waals surface area contributed by atoms with Gasteiger partial charge in [0.1, 0.15) is 11.5 Å². The van der Waals surface area contributed by atoms with Gasteiger partial charge in [-0.05, 0) is 30.5 Å². The Labute approximate surface area is 133 Å². The largest absolute Gasteiger partial charge is 0.464 e. The summed E-state index contributed by atoms with van der Waals surface area (Å²) in [5.74, 6) is 2.03. The van der Waals surface area contributed by atoms with Gasteiger partial charge >= 0.3 is 0 Å². The van der Waals surface area contributed by atoms with Crippen molar-refractivity contribution < 1.29 is 9.21 Å². The van der Waals surface area contributed by atoms with Crippen molar-refractivity contribution in [3.05, 3.63) is 23.7 Å². The molecule has 0 spiro atoms. The van der Waals surface area contributed by atoms with Gasteiger partial charge in [-0.3, -0.25) is 4.79 Å². The zero-order chi connectivity index (χ0) is 14.8. The van der Waals surface area contributed by atoms with Crippen LogP contribution in [-0.2, 0) is 11.2 Å². The molecule has 120 valence electrons. The predicted molar refractivity (Wildman–Crippen MR) is 86.6 cm³/mol. The summed E-state index contributed by atoms with van der Waals surface area (Å²) in [5, 5.41) is 6.41. The second kappa shape index (κ2) is 7.32. The second-order valence-electron chi connectivity index (χ2n) is 6.65. The first-order chi connectivity index (χ1) is 9.41. The summed E-state index contributed by atoms with van der Waals surface area (Å²) in [5.41, 5.74) is -0.0788. The molecule has 0 saturated carbocycles. The lowest BCUT2D eigenvalue weighted by atomic mass is 9.85. The summed E-state index contributed by atoms with van der Waals surface area (Å²) in [6.45, 7) is 10.1. The van der Waals surface area contributed by atoms with Crippen LogP contribution in [0.2, 0.25) is 0 Å². The Bertz CT molecular complexity index is 459. The molecule has 21 heavy (non-hydrogen) atoms. The minimum absolute atomic E-state index is 0. The van der Waals surface area contributed by atoms with Crippen molar-refractivity contribution in [2.24, 2.45) is 11.3 Å². The monoisotopic (exact) mass is 314 g/mol. The SMILES string of the molecule is CCc1ccc(C(NC(=O)C2CCNC2)C(C)(C)C)o1.Cl. The number of hydrogen-bond donors (Lipinski definition) is 2. The Morgan fingerprint density at radius 2 is 2.19 bits per heavy atom. The topological polar surface area (TPSA) is 54.3 Å². The minimum atomic E-state index is -0.0871. The standard InChI is InChI=1S/C16H26N2O2.ClH/c1-5-12-6-7-13(20-12)14(16(2,3)4)18-15(19)11-8-9-17-10-11;/h6-7,11,14,17H,5,8-10H2,1-4H3,(H,18,19);1H. The summed E-state index contributed by atoms with van der Waals surface area (Å²) >= 11 is 0. The van der Waals surface area contributed by atoms with Crippen LogP contribution in [0.3, 0.4) is 0 Å². The predicted octanol–water partition coefficient (Wildman–Crippen LogP) is 3.08. The Hall–Kier alpha value is -1.00. The molecule has 4 nitrogen and oxygen atoms in total. The van der Waals surface area contributed by atoms with Crippen LogP contribution >= 0.6 is 12.4 Å². The van der Waals surface area contributed by atoms with Gasteiger partial charge in [0.15, 0.2) is 0 Å². The molecule has 0 radical (unpaired) electrons. The van der Waals surface area contributed by atoms with E-state index < -0.39 is 0 Å². The Morgan fingerprint density at radius 1 is 1.48 bits per heavy atom. The van der Waals surface area contributed by atoms with Crippen molar-refractivity contribution in [3.8, 4) is 0 Å². The highest BCUT2D eigenvalue weighted by molar-refractivity contribution is 5.85. The van der Waals surface area contributed by atoms with Crippen LogP contribution in [0.5, 0.6) is 0 Å². The number of carbonyl (C=O) groups is 1. The molecule has 0 aromatic carbocycles. The molecule has 0 aliphatic carbocycles. The maximum absolute atomic E-state index is 12.4. The van der Waals surface area contributed by atoms with E-state index in [1.54, 1.807) is 0 Å². The van der Waals surface area contributed by atoms with E-state index in [2.05, 4.69) is 38.3 Å². The van der Waals surface area contributed by atoms with Gasteiger partial charge in [0.25, 0.3) is 0 Å². The van der Waals surface area contributed by atoms with Crippen LogP contribution < -0.4 is 10.6 Å². The first-order valence-electron chi connectivity index (χ1n) is 7.51. The zero-order valence-electron chi connectivity index (χ0n) is 13.4. The third-order valence-corrected chi connectivity index (χ3v) is 3.90. The van der Waals surface area contributed by atoms with Gasteiger partial charge in [-0.15, -0.1) is 12.4 Å². The number of amides is 1. The number of rotatable bonds is 4. The van der Waals surface area contributed by atoms with E-state index in [9.17, 15) is 4.79 Å². The van der Waals surface area contributed by atoms with Crippen LogP contribution in [0, 0.1) is 11.3 Å². The van der Waals surface area contributed by atoms with Gasteiger partial charge in [-0.25, -0.2) is 0 Å². The zero-order valence-corrected chi connectivity index (χ0v) is 14.2. The molecule has 2 unspecified atom stereocenters. The van der Waals surface area contributed by atoms with Gasteiger partial charge < -0.3 is 15.1 Å². The normalized spacial score (nSPS) is 19.9. The van der Waals surface area contributed by atoms with E-state index in [0.717, 1.165) is 37.5 Å². The highest BCUT2D eigenvalue weighted by atomic mass is 35.5. The number of hydrogen-bond acceptors (Lipinski definition) is 3. The van der Waals surface area contributed by atoms with Crippen molar-refractivity contribution in [3.63, 3.8) is 0 Å². The van der Waals surface area contributed by atoms with Crippen LogP contribution in [-0.4, -0.2) is 19.0 Å². The van der Waals surface area contributed by atoms with Gasteiger partial charge in [-0.1, -0.05) is 27.7 Å². The number of nitrogens with one attached hydrogen (secondary N) is 2. The Balaban J connectivity index is 0.00000220. The first kappa shape index (κ1) is 18.1. The second-order valence-corrected chi connectivity index (χ2v) is 6.65. The Morgan fingerprint density at radius 3 is 2.67 bits per heavy atom. The summed E-state index contributed by atoms with van der Waals surface area (Å²) in [6.07, 6.45) is 1.79. The van der Waals surface area contributed by atoms with Gasteiger partial charge in [-0.2, -0.15) is 0 Å². The number of carbonyl (C=O) groups excluding carboxylic acids is 1. The molecule has 1 aliphatic heterocycles. The summed E-state index contributed by atoms with van der Waals surface area (Å²) in [4.78, 5) is 12.4. The molecule has 5 heteroatoms. The van der Waals surface area contributed by atoms with Crippen molar-refractivity contribution in [2.75, 3.05) is 13.1 Å². The molecular formula is C16H27ClN2O2. The average molecular weight is 315 g/mol. The maximum Gasteiger partial charge on any atom is 0.225 e. The van der Waals surface area contributed by atoms with Crippen molar-refractivity contribution in [1.29, 1.82) is 0 Å². The minimum Gasteiger partial charge on any atom is -0.464 e. The van der Waals surface area contributed by atoms with Crippen LogP contribution in [0.15, 0.2) is 16.5 Å². The average Bonchev–Trinajstić information content (AvgIpc) is 3.04. The van der Waals surface area contributed by atoms with Crippen LogP contribution in [0.25, 0.3) is 0 Å². The maximum atomic E-state index is 12.4. The van der Waals surface area contributed by atoms with Crippen molar-refractivity contribution >= 4 is 18.3 Å². The highest BCUT2D eigenvalue weighted by Crippen LogP contribution is 2.34. The number of furan rings is 1. The first-order valence-corrected chi connectivity index (χ1v) is 7.51. The summed E-state index contributed by atoms with van der Waals surface area (Å²) < 4.78 is 5.85. The van der Waals surface area contributed by atoms with E-state index in [-0.39, 0.29) is 35.7 Å². The molecule has 1 aromatic heterocycles. The molecule has 2 N–H and O–H groups in total. The lowest BCUT2D eigenvalue weighted by Crippen LogP contribution is -2.40. The number of halogens is 1. The number of aryl methyl sites for hydroxylation is 1. The fourth-order valence-corrected chi connectivity index (χ4v) is 2.59. The summed E-state index contributed by atoms with van der Waals surface area (Å²) in [6, 6.07) is 3.90. The molecule has 1 amide bonds. The molecule has 1 aromatic rings. The molecule has 0 bridgehead atoms. The Kier molecular flexibility index (Phi) is 6.29. The van der Waals surface area contributed by atoms with Gasteiger partial charge in [0, 0.05) is 13.0 Å². The molecule has 1 aliphatic rings. The van der Waals surface area contributed by atoms with E-state index in [1.807, 2.05) is 12.1 Å². The van der Waals surface area contributed by atoms with Crippen molar-refractivity contribution in [2.45, 2.75) is 46.6 Å². The van der Waals surface area contributed by atoms with Crippen molar-refractivity contribution in [1.82, 2.24) is 10.6 Å². The van der Waals surface area contributed by atoms with Gasteiger partial charge in [0.05, 0.1) is 12.0 Å². The summed E-state index contributed by atoms with van der Waals surface area (Å²) in [7, 11) is 0. The van der Waals surface area contributed by atoms with Crippen LogP contribution in [0.1, 0.15) is 51.7 Å². The molecule has 1 saturated heterocycles. The third kappa shape index (κ3) is 4.48. The quantitative estimate of drug-likeness (QED) is 0.898. The lowest BCUT2D eigenvalue weighted by molar-refractivity contribution is -0.126. The highest BCUT2D eigenvalue weighted by Gasteiger charge is 2.33. The van der Waals surface area contributed by atoms with E-state index in [1.165, 1.54) is 0 Å². The fraction of sp³-hybridized carbons (Fsp3) is 0.688. The molecule has 1 fully saturated rings. The lowest BCUT2D eigenvalue weighted by Gasteiger charge is -2.30. The van der Waals surface area contributed by atoms with Crippen LogP contribution in [0.4, 0.5) is 0 Å².